The van der Waals surface area contributed by atoms with Gasteiger partial charge in [-0.15, -0.1) is 0 Å². The molecule has 1 unspecified atom stereocenters. The van der Waals surface area contributed by atoms with Crippen molar-refractivity contribution >= 4 is 16.3 Å². The minimum absolute atomic E-state index is 0.261. The second kappa shape index (κ2) is 7.63. The highest BCUT2D eigenvalue weighted by Gasteiger charge is 2.14. The second-order valence-electron chi connectivity index (χ2n) is 6.32. The Balaban J connectivity index is 1.83. The first-order valence-corrected chi connectivity index (χ1v) is 8.85. The highest BCUT2D eigenvalue weighted by molar-refractivity contribution is 5.84. The predicted octanol–water partition coefficient (Wildman–Crippen LogP) is 4.48. The Morgan fingerprint density at radius 3 is 2.79 bits per heavy atom. The third kappa shape index (κ3) is 3.68. The minimum atomic E-state index is -0.261. The summed E-state index contributed by atoms with van der Waals surface area (Å²) in [6, 6.07) is 9.55. The first kappa shape index (κ1) is 16.7. The van der Waals surface area contributed by atoms with Crippen LogP contribution in [-0.2, 0) is 0 Å². The van der Waals surface area contributed by atoms with Crippen molar-refractivity contribution in [3.63, 3.8) is 0 Å². The summed E-state index contributed by atoms with van der Waals surface area (Å²) in [6.07, 6.45) is 8.71. The van der Waals surface area contributed by atoms with E-state index in [4.69, 9.17) is 4.42 Å². The van der Waals surface area contributed by atoms with Crippen molar-refractivity contribution in [2.75, 3.05) is 19.6 Å². The molecular formula is C21H25NO2. The maximum atomic E-state index is 12.2. The monoisotopic (exact) mass is 323 g/mol. The van der Waals surface area contributed by atoms with Gasteiger partial charge >= 0.3 is 5.63 Å². The molecule has 0 aliphatic heterocycles. The van der Waals surface area contributed by atoms with Crippen molar-refractivity contribution in [2.45, 2.75) is 26.7 Å². The van der Waals surface area contributed by atoms with Gasteiger partial charge in [0.2, 0.25) is 0 Å². The maximum Gasteiger partial charge on any atom is 0.344 e. The molecule has 0 bridgehead atoms. The molecule has 1 aromatic heterocycles. The Kier molecular flexibility index (Phi) is 5.31. The van der Waals surface area contributed by atoms with Crippen LogP contribution in [0.3, 0.4) is 0 Å². The number of allylic oxidation sites excluding steroid dienone is 4. The maximum absolute atomic E-state index is 12.2. The highest BCUT2D eigenvalue weighted by atomic mass is 16.4. The van der Waals surface area contributed by atoms with Gasteiger partial charge in [0, 0.05) is 5.57 Å². The Labute approximate surface area is 143 Å². The van der Waals surface area contributed by atoms with Crippen molar-refractivity contribution in [1.82, 2.24) is 4.90 Å². The number of hydrogen-bond acceptors (Lipinski definition) is 3. The first-order chi connectivity index (χ1) is 11.7. The lowest BCUT2D eigenvalue weighted by Crippen LogP contribution is -2.25. The Hall–Kier alpha value is -2.13. The average molecular weight is 323 g/mol. The van der Waals surface area contributed by atoms with E-state index in [1.807, 2.05) is 30.3 Å². The van der Waals surface area contributed by atoms with Gasteiger partial charge in [0.15, 0.2) is 0 Å². The minimum Gasteiger partial charge on any atom is -0.422 e. The fourth-order valence-corrected chi connectivity index (χ4v) is 3.28. The predicted molar refractivity (Wildman–Crippen MR) is 100 cm³/mol. The van der Waals surface area contributed by atoms with Crippen LogP contribution < -0.4 is 5.63 Å². The largest absolute Gasteiger partial charge is 0.422 e. The zero-order valence-electron chi connectivity index (χ0n) is 14.5. The summed E-state index contributed by atoms with van der Waals surface area (Å²) in [6.45, 7) is 7.70. The molecular weight excluding hydrogens is 298 g/mol. The van der Waals surface area contributed by atoms with Gasteiger partial charge in [0.05, 0.1) is 5.39 Å². The zero-order valence-corrected chi connectivity index (χ0v) is 14.5. The molecule has 24 heavy (non-hydrogen) atoms. The lowest BCUT2D eigenvalue weighted by atomic mass is 9.92. The molecule has 0 radical (unpaired) electrons. The number of nitrogens with zero attached hydrogens (tertiary/aromatic N) is 1. The standard InChI is InChI=1S/C21H25NO2/c1-3-22(4-2)13-12-16-8-7-10-18(14-16)20-15-17-9-5-6-11-19(17)21(23)24-20/h5-7,9-11,14-16H,3-4,8,12-13H2,1-2H3. The third-order valence-electron chi connectivity index (χ3n) is 4.82. The molecule has 0 amide bonds. The summed E-state index contributed by atoms with van der Waals surface area (Å²) < 4.78 is 5.56. The molecule has 1 aliphatic carbocycles. The lowest BCUT2D eigenvalue weighted by Gasteiger charge is -2.22. The van der Waals surface area contributed by atoms with Crippen molar-refractivity contribution in [1.29, 1.82) is 0 Å². The summed E-state index contributed by atoms with van der Waals surface area (Å²) in [5, 5.41) is 1.57. The first-order valence-electron chi connectivity index (χ1n) is 8.85. The van der Waals surface area contributed by atoms with E-state index >= 15 is 0 Å². The van der Waals surface area contributed by atoms with Gasteiger partial charge in [0.25, 0.3) is 0 Å². The van der Waals surface area contributed by atoms with Crippen molar-refractivity contribution < 1.29 is 4.42 Å². The smallest absolute Gasteiger partial charge is 0.344 e. The summed E-state index contributed by atoms with van der Waals surface area (Å²) in [7, 11) is 0. The van der Waals surface area contributed by atoms with Crippen LogP contribution in [0.4, 0.5) is 0 Å². The van der Waals surface area contributed by atoms with Crippen LogP contribution in [0, 0.1) is 5.92 Å². The molecule has 0 spiro atoms. The fraction of sp³-hybridized carbons (Fsp3) is 0.381. The summed E-state index contributed by atoms with van der Waals surface area (Å²) in [4.78, 5) is 14.6. The third-order valence-corrected chi connectivity index (χ3v) is 4.82. The van der Waals surface area contributed by atoms with Crippen molar-refractivity contribution in [3.05, 3.63) is 64.7 Å². The summed E-state index contributed by atoms with van der Waals surface area (Å²) in [5.74, 6) is 1.17. The molecule has 0 saturated carbocycles. The lowest BCUT2D eigenvalue weighted by molar-refractivity contribution is 0.286. The van der Waals surface area contributed by atoms with Crippen LogP contribution in [0.15, 0.2) is 57.8 Å². The molecule has 1 atom stereocenters. The molecule has 1 aliphatic rings. The Morgan fingerprint density at radius 1 is 1.21 bits per heavy atom. The fourth-order valence-electron chi connectivity index (χ4n) is 3.28. The average Bonchev–Trinajstić information content (AvgIpc) is 2.63. The van der Waals surface area contributed by atoms with E-state index in [2.05, 4.69) is 37.0 Å². The summed E-state index contributed by atoms with van der Waals surface area (Å²) >= 11 is 0. The normalized spacial score (nSPS) is 17.5. The van der Waals surface area contributed by atoms with Gasteiger partial charge in [0.1, 0.15) is 5.76 Å². The number of hydrogen-bond donors (Lipinski definition) is 0. The molecule has 3 nitrogen and oxygen atoms in total. The van der Waals surface area contributed by atoms with Crippen LogP contribution in [-0.4, -0.2) is 24.5 Å². The van der Waals surface area contributed by atoms with E-state index in [9.17, 15) is 4.79 Å². The molecule has 0 saturated heterocycles. The molecule has 0 N–H and O–H groups in total. The molecule has 1 heterocycles. The topological polar surface area (TPSA) is 33.5 Å². The van der Waals surface area contributed by atoms with E-state index in [-0.39, 0.29) is 5.63 Å². The molecule has 0 fully saturated rings. The quantitative estimate of drug-likeness (QED) is 0.785. The molecule has 1 aromatic carbocycles. The van der Waals surface area contributed by atoms with Gasteiger partial charge in [-0.05, 0) is 55.9 Å². The SMILES string of the molecule is CCN(CC)CCC1C=C(c2cc3ccccc3c(=O)o2)C=CC1. The number of rotatable bonds is 6. The van der Waals surface area contributed by atoms with Crippen LogP contribution in [0.5, 0.6) is 0 Å². The van der Waals surface area contributed by atoms with Crippen LogP contribution in [0.2, 0.25) is 0 Å². The second-order valence-corrected chi connectivity index (χ2v) is 6.32. The summed E-state index contributed by atoms with van der Waals surface area (Å²) in [5.41, 5.74) is 0.760. The zero-order chi connectivity index (χ0) is 16.9. The Morgan fingerprint density at radius 2 is 2.00 bits per heavy atom. The number of benzene rings is 1. The van der Waals surface area contributed by atoms with Gasteiger partial charge in [-0.1, -0.05) is 50.3 Å². The van der Waals surface area contributed by atoms with E-state index < -0.39 is 0 Å². The van der Waals surface area contributed by atoms with Crippen molar-refractivity contribution in [2.24, 2.45) is 5.92 Å². The van der Waals surface area contributed by atoms with Gasteiger partial charge < -0.3 is 9.32 Å². The van der Waals surface area contributed by atoms with Crippen LogP contribution in [0.25, 0.3) is 16.3 Å². The van der Waals surface area contributed by atoms with Crippen molar-refractivity contribution in [3.8, 4) is 0 Å². The number of fused-ring (bicyclic) bond motifs is 1. The highest BCUT2D eigenvalue weighted by Crippen LogP contribution is 2.27. The van der Waals surface area contributed by atoms with E-state index in [0.29, 0.717) is 17.1 Å². The molecule has 3 heteroatoms. The van der Waals surface area contributed by atoms with Gasteiger partial charge in [-0.2, -0.15) is 0 Å². The van der Waals surface area contributed by atoms with Gasteiger partial charge in [-0.25, -0.2) is 4.79 Å². The van der Waals surface area contributed by atoms with Gasteiger partial charge in [-0.3, -0.25) is 0 Å². The van der Waals surface area contributed by atoms with E-state index in [0.717, 1.165) is 43.4 Å². The van der Waals surface area contributed by atoms with E-state index in [1.54, 1.807) is 0 Å². The molecule has 126 valence electrons. The van der Waals surface area contributed by atoms with Crippen LogP contribution in [0.1, 0.15) is 32.4 Å². The van der Waals surface area contributed by atoms with Crippen LogP contribution >= 0.6 is 0 Å². The van der Waals surface area contributed by atoms with E-state index in [1.165, 1.54) is 0 Å². The molecule has 3 rings (SSSR count). The molecule has 2 aromatic rings. The Bertz CT molecular complexity index is 812.